The summed E-state index contributed by atoms with van der Waals surface area (Å²) >= 11 is 0. The van der Waals surface area contributed by atoms with Crippen molar-refractivity contribution in [1.82, 2.24) is 25.0 Å². The van der Waals surface area contributed by atoms with Crippen LogP contribution >= 0.6 is 0 Å². The zero-order valence-corrected chi connectivity index (χ0v) is 15.5. The van der Waals surface area contributed by atoms with Crippen molar-refractivity contribution in [3.8, 4) is 0 Å². The monoisotopic (exact) mass is 355 g/mol. The van der Waals surface area contributed by atoms with Gasteiger partial charge in [0.25, 0.3) is 0 Å². The Hall–Kier alpha value is -2.90. The molecule has 0 radical (unpaired) electrons. The third-order valence-corrected chi connectivity index (χ3v) is 4.19. The number of aromatic nitrogens is 3. The van der Waals surface area contributed by atoms with E-state index >= 15 is 0 Å². The van der Waals surface area contributed by atoms with E-state index in [4.69, 9.17) is 0 Å². The lowest BCUT2D eigenvalue weighted by Gasteiger charge is -2.35. The fraction of sp³-hybridized carbons (Fsp3) is 0.444. The van der Waals surface area contributed by atoms with E-state index in [2.05, 4.69) is 20.4 Å². The maximum Gasteiger partial charge on any atom is 0.246 e. The number of piperazine rings is 1. The Morgan fingerprint density at radius 3 is 2.85 bits per heavy atom. The van der Waals surface area contributed by atoms with Gasteiger partial charge in [0.05, 0.1) is 24.1 Å². The van der Waals surface area contributed by atoms with E-state index in [0.717, 1.165) is 29.6 Å². The molecule has 1 fully saturated rings. The minimum Gasteiger partial charge on any atom is -0.356 e. The zero-order chi connectivity index (χ0) is 18.5. The summed E-state index contributed by atoms with van der Waals surface area (Å²) in [7, 11) is 1.85. The molecule has 26 heavy (non-hydrogen) atoms. The van der Waals surface area contributed by atoms with Crippen molar-refractivity contribution in [3.05, 3.63) is 42.0 Å². The number of anilines is 1. The molecular formula is C18H25N7O. The molecule has 3 heterocycles. The van der Waals surface area contributed by atoms with E-state index in [-0.39, 0.29) is 5.91 Å². The molecule has 2 aromatic heterocycles. The van der Waals surface area contributed by atoms with Crippen LogP contribution in [0.25, 0.3) is 0 Å². The molecule has 0 saturated carbocycles. The first-order chi connectivity index (χ1) is 12.6. The summed E-state index contributed by atoms with van der Waals surface area (Å²) in [4.78, 5) is 25.5. The van der Waals surface area contributed by atoms with Gasteiger partial charge in [-0.05, 0) is 26.0 Å². The first-order valence-corrected chi connectivity index (χ1v) is 8.81. The average molecular weight is 355 g/mol. The molecule has 0 unspecified atom stereocenters. The van der Waals surface area contributed by atoms with Gasteiger partial charge in [-0.15, -0.1) is 0 Å². The Kier molecular flexibility index (Phi) is 5.50. The van der Waals surface area contributed by atoms with E-state index in [1.807, 2.05) is 50.2 Å². The normalized spacial score (nSPS) is 15.5. The smallest absolute Gasteiger partial charge is 0.246 e. The molecule has 8 nitrogen and oxygen atoms in total. The van der Waals surface area contributed by atoms with E-state index in [1.165, 1.54) is 0 Å². The zero-order valence-electron chi connectivity index (χ0n) is 15.5. The molecule has 2 aromatic rings. The second-order valence-electron chi connectivity index (χ2n) is 6.28. The van der Waals surface area contributed by atoms with Gasteiger partial charge in [0.2, 0.25) is 5.91 Å². The summed E-state index contributed by atoms with van der Waals surface area (Å²) in [6.07, 6.45) is 3.58. The van der Waals surface area contributed by atoms with Gasteiger partial charge < -0.3 is 15.1 Å². The van der Waals surface area contributed by atoms with Gasteiger partial charge in [-0.3, -0.25) is 14.5 Å². The van der Waals surface area contributed by atoms with Crippen molar-refractivity contribution >= 4 is 17.6 Å². The lowest BCUT2D eigenvalue weighted by atomic mass is 10.3. The Morgan fingerprint density at radius 1 is 1.35 bits per heavy atom. The molecule has 1 aliphatic heterocycles. The van der Waals surface area contributed by atoms with Crippen LogP contribution in [0.5, 0.6) is 0 Å². The first kappa shape index (κ1) is 17.9. The van der Waals surface area contributed by atoms with Gasteiger partial charge in [-0.1, -0.05) is 6.07 Å². The lowest BCUT2D eigenvalue weighted by molar-refractivity contribution is -0.120. The quantitative estimate of drug-likeness (QED) is 0.652. The number of amides is 1. The van der Waals surface area contributed by atoms with Gasteiger partial charge in [0.15, 0.2) is 5.96 Å². The second-order valence-corrected chi connectivity index (χ2v) is 6.28. The van der Waals surface area contributed by atoms with Gasteiger partial charge in [-0.2, -0.15) is 5.10 Å². The van der Waals surface area contributed by atoms with Crippen molar-refractivity contribution in [2.75, 3.05) is 31.1 Å². The van der Waals surface area contributed by atoms with Gasteiger partial charge in [-0.25, -0.2) is 4.99 Å². The summed E-state index contributed by atoms with van der Waals surface area (Å²) in [6.45, 7) is 6.84. The maximum atomic E-state index is 12.6. The highest BCUT2D eigenvalue weighted by Crippen LogP contribution is 2.16. The highest BCUT2D eigenvalue weighted by atomic mass is 16.2. The van der Waals surface area contributed by atoms with E-state index in [1.54, 1.807) is 15.8 Å². The van der Waals surface area contributed by atoms with Crippen LogP contribution in [-0.4, -0.2) is 57.7 Å². The number of guanidine groups is 1. The Balaban J connectivity index is 1.69. The Labute approximate surface area is 153 Å². The molecule has 3 rings (SSSR count). The van der Waals surface area contributed by atoms with Crippen LogP contribution in [0.4, 0.5) is 5.69 Å². The summed E-state index contributed by atoms with van der Waals surface area (Å²) < 4.78 is 1.70. The van der Waals surface area contributed by atoms with Gasteiger partial charge in [0.1, 0.15) is 6.54 Å². The van der Waals surface area contributed by atoms with Crippen molar-refractivity contribution in [3.63, 3.8) is 0 Å². The van der Waals surface area contributed by atoms with E-state index in [0.29, 0.717) is 26.2 Å². The number of carbonyl (C=O) groups excluding carboxylic acids is 1. The molecule has 1 N–H and O–H groups in total. The Bertz CT molecular complexity index is 798. The van der Waals surface area contributed by atoms with Crippen LogP contribution in [-0.2, 0) is 18.4 Å². The first-order valence-electron chi connectivity index (χ1n) is 8.81. The molecule has 0 spiro atoms. The minimum atomic E-state index is 0.0449. The number of hydrogen-bond donors (Lipinski definition) is 1. The van der Waals surface area contributed by atoms with E-state index in [9.17, 15) is 4.79 Å². The van der Waals surface area contributed by atoms with Gasteiger partial charge in [0, 0.05) is 38.6 Å². The number of nitrogens with one attached hydrogen (secondary N) is 1. The molecule has 1 saturated heterocycles. The van der Waals surface area contributed by atoms with Crippen molar-refractivity contribution in [2.24, 2.45) is 12.0 Å². The Morgan fingerprint density at radius 2 is 2.19 bits per heavy atom. The fourth-order valence-electron chi connectivity index (χ4n) is 2.94. The highest BCUT2D eigenvalue weighted by molar-refractivity contribution is 5.98. The van der Waals surface area contributed by atoms with Crippen LogP contribution in [0.1, 0.15) is 18.3 Å². The number of pyridine rings is 1. The van der Waals surface area contributed by atoms with Crippen molar-refractivity contribution < 1.29 is 4.79 Å². The van der Waals surface area contributed by atoms with Gasteiger partial charge >= 0.3 is 0 Å². The molecular weight excluding hydrogens is 330 g/mol. The predicted molar refractivity (Wildman–Crippen MR) is 101 cm³/mol. The largest absolute Gasteiger partial charge is 0.356 e. The molecule has 1 amide bonds. The second kappa shape index (κ2) is 7.99. The molecule has 1 aliphatic rings. The topological polar surface area (TPSA) is 78.7 Å². The number of aliphatic imine (C=N–C) groups is 1. The summed E-state index contributed by atoms with van der Waals surface area (Å²) in [6, 6.07) is 5.91. The van der Waals surface area contributed by atoms with Crippen molar-refractivity contribution in [2.45, 2.75) is 20.4 Å². The SMILES string of the molecule is CCNC(=NCc1cccc(C)n1)N1CCN(c2cnn(C)c2)C(=O)C1. The maximum absolute atomic E-state index is 12.6. The third kappa shape index (κ3) is 4.19. The number of carbonyl (C=O) groups is 1. The molecule has 0 aliphatic carbocycles. The molecule has 138 valence electrons. The standard InChI is InChI=1S/C18H25N7O/c1-4-19-18(20-10-15-7-5-6-14(2)22-15)24-8-9-25(17(26)13-24)16-11-21-23(3)12-16/h5-7,11-12H,4,8-10,13H2,1-3H3,(H,19,20). The number of nitrogens with zero attached hydrogens (tertiary/aromatic N) is 6. The van der Waals surface area contributed by atoms with E-state index < -0.39 is 0 Å². The summed E-state index contributed by atoms with van der Waals surface area (Å²) in [5, 5.41) is 7.42. The average Bonchev–Trinajstić information content (AvgIpc) is 3.04. The van der Waals surface area contributed by atoms with Crippen LogP contribution in [0.2, 0.25) is 0 Å². The fourth-order valence-corrected chi connectivity index (χ4v) is 2.94. The number of rotatable bonds is 4. The van der Waals surface area contributed by atoms with Crippen LogP contribution in [0, 0.1) is 6.92 Å². The highest BCUT2D eigenvalue weighted by Gasteiger charge is 2.27. The summed E-state index contributed by atoms with van der Waals surface area (Å²) in [5.74, 6) is 0.790. The van der Waals surface area contributed by atoms with Crippen LogP contribution < -0.4 is 10.2 Å². The van der Waals surface area contributed by atoms with Crippen LogP contribution in [0.15, 0.2) is 35.6 Å². The molecule has 0 aromatic carbocycles. The molecule has 0 bridgehead atoms. The minimum absolute atomic E-state index is 0.0449. The number of aryl methyl sites for hydroxylation is 2. The number of hydrogen-bond acceptors (Lipinski definition) is 4. The lowest BCUT2D eigenvalue weighted by Crippen LogP contribution is -2.55. The molecule has 8 heteroatoms. The molecule has 0 atom stereocenters. The summed E-state index contributed by atoms with van der Waals surface area (Å²) in [5.41, 5.74) is 2.73. The van der Waals surface area contributed by atoms with Crippen molar-refractivity contribution in [1.29, 1.82) is 0 Å². The third-order valence-electron chi connectivity index (χ3n) is 4.19. The predicted octanol–water partition coefficient (Wildman–Crippen LogP) is 0.938. The van der Waals surface area contributed by atoms with Crippen LogP contribution in [0.3, 0.4) is 0 Å².